The largest absolute Gasteiger partial charge is 0.416 e. The van der Waals surface area contributed by atoms with Crippen molar-refractivity contribution in [3.05, 3.63) is 34.8 Å². The Balaban J connectivity index is 2.29. The molecule has 0 aliphatic carbocycles. The highest BCUT2D eigenvalue weighted by Crippen LogP contribution is 2.31. The van der Waals surface area contributed by atoms with E-state index in [2.05, 4.69) is 10.2 Å². The number of hydrogen-bond donors (Lipinski definition) is 0. The lowest BCUT2D eigenvalue weighted by molar-refractivity contribution is -0.137. The van der Waals surface area contributed by atoms with Crippen molar-refractivity contribution in [2.24, 2.45) is 0 Å². The summed E-state index contributed by atoms with van der Waals surface area (Å²) in [6, 6.07) is 4.80. The van der Waals surface area contributed by atoms with Gasteiger partial charge in [-0.05, 0) is 12.1 Å². The van der Waals surface area contributed by atoms with E-state index in [-0.39, 0.29) is 5.88 Å². The second kappa shape index (κ2) is 4.62. The lowest BCUT2D eigenvalue weighted by Gasteiger charge is -2.06. The summed E-state index contributed by atoms with van der Waals surface area (Å²) in [4.78, 5) is 0. The summed E-state index contributed by atoms with van der Waals surface area (Å²) in [5.41, 5.74) is -0.0739. The van der Waals surface area contributed by atoms with Crippen molar-refractivity contribution in [2.45, 2.75) is 12.1 Å². The fraction of sp³-hybridized carbons (Fsp3) is 0.200. The predicted molar refractivity (Wildman–Crippen MR) is 59.9 cm³/mol. The Kier molecular flexibility index (Phi) is 3.35. The summed E-state index contributed by atoms with van der Waals surface area (Å²) in [6.07, 6.45) is -4.32. The fourth-order valence-electron chi connectivity index (χ4n) is 1.23. The van der Waals surface area contributed by atoms with Crippen LogP contribution in [-0.2, 0) is 12.1 Å². The Labute approximate surface area is 104 Å². The van der Waals surface area contributed by atoms with E-state index in [0.717, 1.165) is 12.1 Å². The first kappa shape index (κ1) is 12.3. The van der Waals surface area contributed by atoms with Crippen LogP contribution in [0.1, 0.15) is 10.6 Å². The van der Waals surface area contributed by atoms with E-state index in [1.165, 1.54) is 23.5 Å². The molecule has 90 valence electrons. The molecule has 2 rings (SSSR count). The lowest BCUT2D eigenvalue weighted by Crippen LogP contribution is -2.03. The number of rotatable bonds is 2. The van der Waals surface area contributed by atoms with Gasteiger partial charge in [0.1, 0.15) is 10.0 Å². The van der Waals surface area contributed by atoms with Gasteiger partial charge in [0.05, 0.1) is 11.4 Å². The van der Waals surface area contributed by atoms with E-state index in [1.54, 1.807) is 0 Å². The predicted octanol–water partition coefficient (Wildman–Crippen LogP) is 3.96. The van der Waals surface area contributed by atoms with Crippen LogP contribution in [0.5, 0.6) is 0 Å². The maximum Gasteiger partial charge on any atom is 0.416 e. The van der Waals surface area contributed by atoms with Crippen LogP contribution in [-0.4, -0.2) is 10.2 Å². The van der Waals surface area contributed by atoms with Crippen LogP contribution in [0.2, 0.25) is 0 Å². The van der Waals surface area contributed by atoms with Gasteiger partial charge in [-0.3, -0.25) is 0 Å². The van der Waals surface area contributed by atoms with Crippen LogP contribution in [0.25, 0.3) is 10.6 Å². The number of halogens is 4. The Morgan fingerprint density at radius 1 is 1.12 bits per heavy atom. The summed E-state index contributed by atoms with van der Waals surface area (Å²) >= 11 is 6.84. The van der Waals surface area contributed by atoms with Crippen molar-refractivity contribution in [3.63, 3.8) is 0 Å². The first-order chi connectivity index (χ1) is 8.00. The first-order valence-corrected chi connectivity index (χ1v) is 5.92. The molecule has 0 saturated carbocycles. The van der Waals surface area contributed by atoms with Gasteiger partial charge in [0.25, 0.3) is 0 Å². The zero-order valence-corrected chi connectivity index (χ0v) is 9.90. The van der Waals surface area contributed by atoms with Crippen LogP contribution >= 0.6 is 22.9 Å². The molecule has 1 aromatic carbocycles. The molecule has 0 fully saturated rings. The number of hydrogen-bond acceptors (Lipinski definition) is 3. The van der Waals surface area contributed by atoms with Crippen molar-refractivity contribution in [1.29, 1.82) is 0 Å². The third kappa shape index (κ3) is 2.76. The fourth-order valence-corrected chi connectivity index (χ4v) is 2.14. The topological polar surface area (TPSA) is 25.8 Å². The molecule has 2 aromatic rings. The molecule has 0 N–H and O–H groups in total. The minimum atomic E-state index is -4.32. The molecule has 0 unspecified atom stereocenters. The third-order valence-electron chi connectivity index (χ3n) is 2.04. The van der Waals surface area contributed by atoms with E-state index >= 15 is 0 Å². The van der Waals surface area contributed by atoms with Crippen LogP contribution in [0, 0.1) is 0 Å². The van der Waals surface area contributed by atoms with Gasteiger partial charge in [0.15, 0.2) is 0 Å². The van der Waals surface area contributed by atoms with Gasteiger partial charge < -0.3 is 0 Å². The van der Waals surface area contributed by atoms with E-state index in [1.807, 2.05) is 0 Å². The molecule has 1 heterocycles. The van der Waals surface area contributed by atoms with Crippen LogP contribution in [0.15, 0.2) is 24.3 Å². The molecule has 0 aliphatic rings. The first-order valence-electron chi connectivity index (χ1n) is 4.56. The van der Waals surface area contributed by atoms with Crippen LogP contribution in [0.3, 0.4) is 0 Å². The summed E-state index contributed by atoms with van der Waals surface area (Å²) < 4.78 is 37.0. The van der Waals surface area contributed by atoms with E-state index < -0.39 is 11.7 Å². The molecule has 7 heteroatoms. The smallest absolute Gasteiger partial charge is 0.166 e. The number of alkyl halides is 4. The van der Waals surface area contributed by atoms with Crippen molar-refractivity contribution in [3.8, 4) is 10.6 Å². The van der Waals surface area contributed by atoms with Gasteiger partial charge in [-0.2, -0.15) is 13.2 Å². The Morgan fingerprint density at radius 3 is 2.24 bits per heavy atom. The molecular weight excluding hydrogens is 273 g/mol. The van der Waals surface area contributed by atoms with Crippen molar-refractivity contribution in [1.82, 2.24) is 10.2 Å². The SMILES string of the molecule is FC(F)(F)c1ccc(-c2nnc(CCl)s2)cc1. The van der Waals surface area contributed by atoms with Crippen LogP contribution < -0.4 is 0 Å². The van der Waals surface area contributed by atoms with Crippen molar-refractivity contribution >= 4 is 22.9 Å². The standard InChI is InChI=1S/C10H6ClF3N2S/c11-5-8-15-16-9(17-8)6-1-3-7(4-2-6)10(12,13)14/h1-4H,5H2. The van der Waals surface area contributed by atoms with Gasteiger partial charge in [0, 0.05) is 5.56 Å². The summed E-state index contributed by atoms with van der Waals surface area (Å²) in [5.74, 6) is 0.248. The Bertz CT molecular complexity index is 507. The van der Waals surface area contributed by atoms with E-state index in [4.69, 9.17) is 11.6 Å². The summed E-state index contributed by atoms with van der Waals surface area (Å²) in [7, 11) is 0. The molecule has 0 amide bonds. The molecule has 1 aromatic heterocycles. The molecule has 0 atom stereocenters. The zero-order chi connectivity index (χ0) is 12.5. The minimum Gasteiger partial charge on any atom is -0.166 e. The lowest BCUT2D eigenvalue weighted by atomic mass is 10.1. The maximum atomic E-state index is 12.3. The molecule has 17 heavy (non-hydrogen) atoms. The second-order valence-corrected chi connectivity index (χ2v) is 4.54. The number of aromatic nitrogens is 2. The van der Waals surface area contributed by atoms with E-state index in [0.29, 0.717) is 15.6 Å². The highest BCUT2D eigenvalue weighted by molar-refractivity contribution is 7.14. The summed E-state index contributed by atoms with van der Waals surface area (Å²) in [5, 5.41) is 8.85. The second-order valence-electron chi connectivity index (χ2n) is 3.21. The van der Waals surface area contributed by atoms with Gasteiger partial charge in [-0.15, -0.1) is 21.8 Å². The van der Waals surface area contributed by atoms with Crippen molar-refractivity contribution in [2.75, 3.05) is 0 Å². The summed E-state index contributed by atoms with van der Waals surface area (Å²) in [6.45, 7) is 0. The number of nitrogens with zero attached hydrogens (tertiary/aromatic N) is 2. The highest BCUT2D eigenvalue weighted by atomic mass is 35.5. The van der Waals surface area contributed by atoms with Gasteiger partial charge in [-0.1, -0.05) is 23.5 Å². The zero-order valence-electron chi connectivity index (χ0n) is 8.33. The van der Waals surface area contributed by atoms with Gasteiger partial charge >= 0.3 is 6.18 Å². The molecule has 0 radical (unpaired) electrons. The van der Waals surface area contributed by atoms with Gasteiger partial charge in [0.2, 0.25) is 0 Å². The van der Waals surface area contributed by atoms with E-state index in [9.17, 15) is 13.2 Å². The number of benzene rings is 1. The third-order valence-corrected chi connectivity index (χ3v) is 3.42. The molecule has 2 nitrogen and oxygen atoms in total. The molecular formula is C10H6ClF3N2S. The molecule has 0 bridgehead atoms. The monoisotopic (exact) mass is 278 g/mol. The van der Waals surface area contributed by atoms with Crippen LogP contribution in [0.4, 0.5) is 13.2 Å². The molecule has 0 saturated heterocycles. The Hall–Kier alpha value is -1.14. The van der Waals surface area contributed by atoms with Gasteiger partial charge in [-0.25, -0.2) is 0 Å². The van der Waals surface area contributed by atoms with Crippen molar-refractivity contribution < 1.29 is 13.2 Å². The highest BCUT2D eigenvalue weighted by Gasteiger charge is 2.30. The molecule has 0 spiro atoms. The molecule has 0 aliphatic heterocycles. The average Bonchev–Trinajstić information content (AvgIpc) is 2.76. The maximum absolute atomic E-state index is 12.3. The average molecular weight is 279 g/mol. The quantitative estimate of drug-likeness (QED) is 0.777. The Morgan fingerprint density at radius 2 is 1.76 bits per heavy atom. The minimum absolute atomic E-state index is 0.248. The normalized spacial score (nSPS) is 11.8.